The van der Waals surface area contributed by atoms with E-state index in [1.54, 1.807) is 43.5 Å². The summed E-state index contributed by atoms with van der Waals surface area (Å²) < 4.78 is 10.5. The van der Waals surface area contributed by atoms with E-state index in [0.717, 1.165) is 24.4 Å². The first-order valence-corrected chi connectivity index (χ1v) is 9.74. The van der Waals surface area contributed by atoms with E-state index >= 15 is 0 Å². The number of methoxy groups -OCH3 is 1. The Morgan fingerprint density at radius 2 is 1.76 bits per heavy atom. The summed E-state index contributed by atoms with van der Waals surface area (Å²) in [6, 6.07) is 14.5. The van der Waals surface area contributed by atoms with Crippen molar-refractivity contribution in [1.29, 1.82) is 0 Å². The van der Waals surface area contributed by atoms with E-state index in [4.69, 9.17) is 20.9 Å². The maximum Gasteiger partial charge on any atom is 0.257 e. The Morgan fingerprint density at radius 3 is 2.41 bits per heavy atom. The third-order valence-corrected chi connectivity index (χ3v) is 5.17. The van der Waals surface area contributed by atoms with Gasteiger partial charge in [0.2, 0.25) is 0 Å². The van der Waals surface area contributed by atoms with Crippen LogP contribution in [0.2, 0.25) is 5.02 Å². The van der Waals surface area contributed by atoms with Crippen LogP contribution in [0.3, 0.4) is 0 Å². The molecule has 1 fully saturated rings. The van der Waals surface area contributed by atoms with Crippen LogP contribution in [0.4, 0.5) is 0 Å². The molecule has 0 spiro atoms. The van der Waals surface area contributed by atoms with Crippen molar-refractivity contribution in [1.82, 2.24) is 19.9 Å². The molecule has 29 heavy (non-hydrogen) atoms. The molecule has 8 heteroatoms. The second-order valence-electron chi connectivity index (χ2n) is 6.82. The molecule has 1 aliphatic rings. The fourth-order valence-corrected chi connectivity index (χ4v) is 3.38. The van der Waals surface area contributed by atoms with E-state index in [9.17, 15) is 4.79 Å². The van der Waals surface area contributed by atoms with Gasteiger partial charge in [0.05, 0.1) is 13.7 Å². The minimum atomic E-state index is 0.0388. The lowest BCUT2D eigenvalue weighted by atomic mass is 10.1. The number of ether oxygens (including phenoxy) is 1. The minimum Gasteiger partial charge on any atom is -0.497 e. The first kappa shape index (κ1) is 19.4. The molecule has 0 saturated carbocycles. The Hall–Kier alpha value is -2.90. The average Bonchev–Trinajstić information content (AvgIpc) is 3.23. The standard InChI is InChI=1S/C21H21ClN4O3/c1-28-18-8-4-16(5-9-18)21(27)26-12-10-25(11-13-26)14-19-23-20(29-24-19)15-2-6-17(22)7-3-15/h2-9H,10-14H2,1H3. The van der Waals surface area contributed by atoms with Crippen LogP contribution in [0, 0.1) is 0 Å². The molecular weight excluding hydrogens is 392 g/mol. The zero-order chi connectivity index (χ0) is 20.2. The molecule has 0 unspecified atom stereocenters. The average molecular weight is 413 g/mol. The summed E-state index contributed by atoms with van der Waals surface area (Å²) in [7, 11) is 1.61. The predicted octanol–water partition coefficient (Wildman–Crippen LogP) is 3.36. The smallest absolute Gasteiger partial charge is 0.257 e. The molecule has 1 aliphatic heterocycles. The van der Waals surface area contributed by atoms with Crippen molar-refractivity contribution in [3.05, 3.63) is 64.9 Å². The summed E-state index contributed by atoms with van der Waals surface area (Å²) in [6.07, 6.45) is 0. The van der Waals surface area contributed by atoms with Crippen LogP contribution < -0.4 is 4.74 Å². The number of carbonyl (C=O) groups is 1. The molecule has 1 amide bonds. The molecule has 3 aromatic rings. The second-order valence-corrected chi connectivity index (χ2v) is 7.26. The van der Waals surface area contributed by atoms with Gasteiger partial charge >= 0.3 is 0 Å². The summed E-state index contributed by atoms with van der Waals surface area (Å²) in [6.45, 7) is 3.42. The summed E-state index contributed by atoms with van der Waals surface area (Å²) in [4.78, 5) is 21.2. The number of rotatable bonds is 5. The number of nitrogens with zero attached hydrogens (tertiary/aromatic N) is 4. The molecule has 2 heterocycles. The SMILES string of the molecule is COc1ccc(C(=O)N2CCN(Cc3noc(-c4ccc(Cl)cc4)n3)CC2)cc1. The van der Waals surface area contributed by atoms with E-state index < -0.39 is 0 Å². The normalized spacial score (nSPS) is 14.8. The first-order valence-electron chi connectivity index (χ1n) is 9.36. The zero-order valence-electron chi connectivity index (χ0n) is 16.0. The number of piperazine rings is 1. The highest BCUT2D eigenvalue weighted by molar-refractivity contribution is 6.30. The maximum absolute atomic E-state index is 12.7. The topological polar surface area (TPSA) is 71.7 Å². The Morgan fingerprint density at radius 1 is 1.07 bits per heavy atom. The minimum absolute atomic E-state index is 0.0388. The molecule has 0 N–H and O–H groups in total. The van der Waals surface area contributed by atoms with Gasteiger partial charge in [-0.3, -0.25) is 9.69 Å². The number of amides is 1. The van der Waals surface area contributed by atoms with Crippen LogP contribution in [0.5, 0.6) is 5.75 Å². The lowest BCUT2D eigenvalue weighted by Crippen LogP contribution is -2.48. The van der Waals surface area contributed by atoms with Crippen molar-refractivity contribution in [2.75, 3.05) is 33.3 Å². The van der Waals surface area contributed by atoms with Crippen LogP contribution in [0.1, 0.15) is 16.2 Å². The van der Waals surface area contributed by atoms with E-state index in [1.165, 1.54) is 0 Å². The van der Waals surface area contributed by atoms with Crippen molar-refractivity contribution < 1.29 is 14.1 Å². The van der Waals surface area contributed by atoms with Crippen LogP contribution >= 0.6 is 11.6 Å². The highest BCUT2D eigenvalue weighted by Gasteiger charge is 2.23. The second kappa shape index (κ2) is 8.63. The molecule has 1 aromatic heterocycles. The third kappa shape index (κ3) is 4.58. The lowest BCUT2D eigenvalue weighted by Gasteiger charge is -2.34. The lowest BCUT2D eigenvalue weighted by molar-refractivity contribution is 0.0624. The van der Waals surface area contributed by atoms with Crippen molar-refractivity contribution in [3.8, 4) is 17.2 Å². The van der Waals surface area contributed by atoms with Gasteiger partial charge < -0.3 is 14.2 Å². The van der Waals surface area contributed by atoms with Crippen molar-refractivity contribution in [2.24, 2.45) is 0 Å². The maximum atomic E-state index is 12.7. The summed E-state index contributed by atoms with van der Waals surface area (Å²) in [5, 5.41) is 4.74. The fourth-order valence-electron chi connectivity index (χ4n) is 3.25. The quantitative estimate of drug-likeness (QED) is 0.640. The number of benzene rings is 2. The summed E-state index contributed by atoms with van der Waals surface area (Å²) in [5.41, 5.74) is 1.51. The van der Waals surface area contributed by atoms with E-state index in [-0.39, 0.29) is 5.91 Å². The van der Waals surface area contributed by atoms with Gasteiger partial charge in [-0.15, -0.1) is 0 Å². The van der Waals surface area contributed by atoms with Gasteiger partial charge in [-0.2, -0.15) is 4.98 Å². The molecule has 0 aliphatic carbocycles. The Labute approximate surface area is 173 Å². The number of hydrogen-bond donors (Lipinski definition) is 0. The van der Waals surface area contributed by atoms with Crippen molar-refractivity contribution in [3.63, 3.8) is 0 Å². The molecule has 4 rings (SSSR count). The van der Waals surface area contributed by atoms with E-state index in [1.807, 2.05) is 17.0 Å². The Balaban J connectivity index is 1.32. The third-order valence-electron chi connectivity index (χ3n) is 4.92. The number of halogens is 1. The van der Waals surface area contributed by atoms with Gasteiger partial charge in [-0.05, 0) is 48.5 Å². The monoisotopic (exact) mass is 412 g/mol. The van der Waals surface area contributed by atoms with Crippen molar-refractivity contribution in [2.45, 2.75) is 6.54 Å². The molecule has 1 saturated heterocycles. The highest BCUT2D eigenvalue weighted by atomic mass is 35.5. The largest absolute Gasteiger partial charge is 0.497 e. The van der Waals surface area contributed by atoms with Gasteiger partial charge in [-0.25, -0.2) is 0 Å². The van der Waals surface area contributed by atoms with E-state index in [2.05, 4.69) is 15.0 Å². The first-order chi connectivity index (χ1) is 14.1. The fraction of sp³-hybridized carbons (Fsp3) is 0.286. The van der Waals surface area contributed by atoms with Crippen LogP contribution in [0.25, 0.3) is 11.5 Å². The molecule has 150 valence electrons. The van der Waals surface area contributed by atoms with Crippen LogP contribution in [-0.2, 0) is 6.54 Å². The number of carbonyl (C=O) groups excluding carboxylic acids is 1. The molecule has 2 aromatic carbocycles. The van der Waals surface area contributed by atoms with Gasteiger partial charge in [0, 0.05) is 42.3 Å². The summed E-state index contributed by atoms with van der Waals surface area (Å²) in [5.74, 6) is 1.89. The van der Waals surface area contributed by atoms with Crippen molar-refractivity contribution >= 4 is 17.5 Å². The molecular formula is C21H21ClN4O3. The molecule has 0 radical (unpaired) electrons. The summed E-state index contributed by atoms with van der Waals surface area (Å²) >= 11 is 5.91. The zero-order valence-corrected chi connectivity index (χ0v) is 16.8. The van der Waals surface area contributed by atoms with Gasteiger partial charge in [0.15, 0.2) is 5.82 Å². The number of hydrogen-bond acceptors (Lipinski definition) is 6. The predicted molar refractivity (Wildman–Crippen MR) is 109 cm³/mol. The van der Waals surface area contributed by atoms with Gasteiger partial charge in [0.25, 0.3) is 11.8 Å². The molecule has 0 atom stereocenters. The molecule has 7 nitrogen and oxygen atoms in total. The Bertz CT molecular complexity index is 964. The number of aromatic nitrogens is 2. The molecule has 0 bridgehead atoms. The van der Waals surface area contributed by atoms with Crippen LogP contribution in [-0.4, -0.2) is 59.1 Å². The Kier molecular flexibility index (Phi) is 5.78. The van der Waals surface area contributed by atoms with Gasteiger partial charge in [-0.1, -0.05) is 16.8 Å². The van der Waals surface area contributed by atoms with Gasteiger partial charge in [0.1, 0.15) is 5.75 Å². The highest BCUT2D eigenvalue weighted by Crippen LogP contribution is 2.20. The van der Waals surface area contributed by atoms with E-state index in [0.29, 0.717) is 41.9 Å². The van der Waals surface area contributed by atoms with Crippen LogP contribution in [0.15, 0.2) is 53.1 Å².